The Hall–Kier alpha value is -3.60. The van der Waals surface area contributed by atoms with E-state index in [1.54, 1.807) is 25.4 Å². The van der Waals surface area contributed by atoms with E-state index >= 15 is 0 Å². The topological polar surface area (TPSA) is 124 Å². The highest BCUT2D eigenvalue weighted by molar-refractivity contribution is 6.02. The van der Waals surface area contributed by atoms with Gasteiger partial charge in [0.2, 0.25) is 5.91 Å². The van der Waals surface area contributed by atoms with Gasteiger partial charge in [-0.3, -0.25) is 14.7 Å². The van der Waals surface area contributed by atoms with E-state index in [9.17, 15) is 14.9 Å². The smallest absolute Gasteiger partial charge is 0.224 e. The van der Waals surface area contributed by atoms with Crippen LogP contribution in [-0.2, 0) is 11.2 Å². The number of benzene rings is 1. The molecular weight excluding hydrogens is 394 g/mol. The number of nitriles is 1. The molecule has 0 saturated heterocycles. The van der Waals surface area contributed by atoms with Crippen molar-refractivity contribution in [3.05, 3.63) is 47.9 Å². The van der Waals surface area contributed by atoms with Crippen molar-refractivity contribution in [3.63, 3.8) is 0 Å². The fraction of sp³-hybridized carbons (Fsp3) is 0.391. The van der Waals surface area contributed by atoms with Gasteiger partial charge < -0.3 is 15.0 Å². The summed E-state index contributed by atoms with van der Waals surface area (Å²) in [5.41, 5.74) is 2.00. The van der Waals surface area contributed by atoms with Gasteiger partial charge in [-0.1, -0.05) is 19.9 Å². The molecule has 0 spiro atoms. The molecule has 3 N–H and O–H groups in total. The van der Waals surface area contributed by atoms with Gasteiger partial charge in [-0.2, -0.15) is 10.4 Å². The van der Waals surface area contributed by atoms with Crippen LogP contribution in [0.3, 0.4) is 0 Å². The predicted molar refractivity (Wildman–Crippen MR) is 117 cm³/mol. The Morgan fingerprint density at radius 1 is 1.29 bits per heavy atom. The molecule has 0 radical (unpaired) electrons. The van der Waals surface area contributed by atoms with Gasteiger partial charge in [-0.05, 0) is 36.6 Å². The number of nitrogens with zero attached hydrogens (tertiary/aromatic N) is 2. The Morgan fingerprint density at radius 3 is 2.74 bits per heavy atom. The van der Waals surface area contributed by atoms with Crippen molar-refractivity contribution >= 4 is 22.6 Å². The lowest BCUT2D eigenvalue weighted by Gasteiger charge is -2.20. The van der Waals surface area contributed by atoms with Gasteiger partial charge >= 0.3 is 0 Å². The molecule has 0 aliphatic carbocycles. The van der Waals surface area contributed by atoms with Crippen LogP contribution in [-0.4, -0.2) is 40.0 Å². The number of carbonyl (C=O) groups excluding carboxylic acids is 2. The second kappa shape index (κ2) is 9.94. The van der Waals surface area contributed by atoms with Crippen LogP contribution in [0.1, 0.15) is 42.9 Å². The molecule has 8 heteroatoms. The van der Waals surface area contributed by atoms with Crippen LogP contribution in [0.15, 0.2) is 36.5 Å². The Balaban J connectivity index is 1.73. The number of ketones is 1. The van der Waals surface area contributed by atoms with E-state index in [2.05, 4.69) is 26.6 Å². The van der Waals surface area contributed by atoms with Crippen molar-refractivity contribution in [2.45, 2.75) is 39.2 Å². The maximum absolute atomic E-state index is 13.0. The number of aromatic amines is 2. The zero-order chi connectivity index (χ0) is 22.4. The molecule has 0 unspecified atom stereocenters. The normalized spacial score (nSPS) is 13.0. The van der Waals surface area contributed by atoms with E-state index in [0.717, 1.165) is 16.6 Å². The quantitative estimate of drug-likeness (QED) is 0.433. The van der Waals surface area contributed by atoms with Crippen LogP contribution < -0.4 is 10.1 Å². The molecule has 31 heavy (non-hydrogen) atoms. The average molecular weight is 422 g/mol. The number of Topliss-reactive ketones (excluding diaryl/α,β-unsaturated/α-hetero) is 1. The van der Waals surface area contributed by atoms with E-state index in [4.69, 9.17) is 4.74 Å². The molecule has 3 rings (SSSR count). The summed E-state index contributed by atoms with van der Waals surface area (Å²) in [6.07, 6.45) is 2.53. The molecule has 1 amide bonds. The second-order valence-electron chi connectivity index (χ2n) is 8.03. The molecule has 2 aromatic heterocycles. The summed E-state index contributed by atoms with van der Waals surface area (Å²) in [4.78, 5) is 29.1. The number of H-pyrrole nitrogens is 2. The van der Waals surface area contributed by atoms with Crippen molar-refractivity contribution in [3.8, 4) is 11.8 Å². The zero-order valence-electron chi connectivity index (χ0n) is 17.9. The van der Waals surface area contributed by atoms with Gasteiger partial charge in [0.1, 0.15) is 11.8 Å². The van der Waals surface area contributed by atoms with Crippen LogP contribution in [0.25, 0.3) is 10.9 Å². The number of amides is 1. The minimum absolute atomic E-state index is 0.0569. The van der Waals surface area contributed by atoms with E-state index in [1.165, 1.54) is 0 Å². The molecule has 0 aliphatic rings. The molecular formula is C23H27N5O3. The molecule has 0 saturated carbocycles. The summed E-state index contributed by atoms with van der Waals surface area (Å²) in [6, 6.07) is 10.5. The number of fused-ring (bicyclic) bond motifs is 1. The molecule has 0 bridgehead atoms. The van der Waals surface area contributed by atoms with Gasteiger partial charge in [0, 0.05) is 41.6 Å². The summed E-state index contributed by atoms with van der Waals surface area (Å²) >= 11 is 0. The third kappa shape index (κ3) is 5.51. The third-order valence-corrected chi connectivity index (χ3v) is 5.16. The predicted octanol–water partition coefficient (Wildman–Crippen LogP) is 3.39. The Morgan fingerprint density at radius 2 is 2.10 bits per heavy atom. The lowest BCUT2D eigenvalue weighted by atomic mass is 9.90. The minimum atomic E-state index is -0.699. The number of carbonyl (C=O) groups is 2. The Kier molecular flexibility index (Phi) is 7.08. The summed E-state index contributed by atoms with van der Waals surface area (Å²) < 4.78 is 5.36. The molecule has 8 nitrogen and oxygen atoms in total. The van der Waals surface area contributed by atoms with Crippen LogP contribution in [0.5, 0.6) is 5.75 Å². The van der Waals surface area contributed by atoms with Gasteiger partial charge in [-0.15, -0.1) is 0 Å². The summed E-state index contributed by atoms with van der Waals surface area (Å²) in [7, 11) is 1.58. The third-order valence-electron chi connectivity index (χ3n) is 5.16. The number of hydrogen-bond acceptors (Lipinski definition) is 5. The molecule has 2 heterocycles. The highest BCUT2D eigenvalue weighted by Gasteiger charge is 2.26. The fourth-order valence-electron chi connectivity index (χ4n) is 3.68. The summed E-state index contributed by atoms with van der Waals surface area (Å²) in [5.74, 6) is -0.0687. The van der Waals surface area contributed by atoms with Crippen molar-refractivity contribution in [2.75, 3.05) is 7.11 Å². The highest BCUT2D eigenvalue weighted by atomic mass is 16.5. The largest absolute Gasteiger partial charge is 0.496 e. The summed E-state index contributed by atoms with van der Waals surface area (Å²) in [5, 5.41) is 19.7. The van der Waals surface area contributed by atoms with Crippen molar-refractivity contribution < 1.29 is 14.3 Å². The number of aromatic nitrogens is 3. The van der Waals surface area contributed by atoms with Crippen molar-refractivity contribution in [2.24, 2.45) is 11.8 Å². The van der Waals surface area contributed by atoms with Gasteiger partial charge in [0.25, 0.3) is 0 Å². The molecule has 0 fully saturated rings. The van der Waals surface area contributed by atoms with E-state index < -0.39 is 12.0 Å². The first-order valence-electron chi connectivity index (χ1n) is 10.3. The van der Waals surface area contributed by atoms with Gasteiger partial charge in [0.05, 0.1) is 18.9 Å². The van der Waals surface area contributed by atoms with Crippen LogP contribution >= 0.6 is 0 Å². The summed E-state index contributed by atoms with van der Waals surface area (Å²) in [6.45, 7) is 4.01. The SMILES string of the molecule is COc1cccc2[nH]c(C(=O)C[C@@H](CC(C)C)C(=O)N[C@H](C#N)Cc3ccn[nH]3)cc12. The van der Waals surface area contributed by atoms with E-state index in [-0.39, 0.29) is 24.0 Å². The van der Waals surface area contributed by atoms with Gasteiger partial charge in [-0.25, -0.2) is 0 Å². The fourth-order valence-corrected chi connectivity index (χ4v) is 3.68. The first-order valence-corrected chi connectivity index (χ1v) is 10.3. The molecule has 2 atom stereocenters. The van der Waals surface area contributed by atoms with Crippen molar-refractivity contribution in [1.29, 1.82) is 5.26 Å². The first kappa shape index (κ1) is 22.1. The maximum atomic E-state index is 13.0. The lowest BCUT2D eigenvalue weighted by Crippen LogP contribution is -2.40. The minimum Gasteiger partial charge on any atom is -0.496 e. The lowest BCUT2D eigenvalue weighted by molar-refractivity contribution is -0.125. The standard InChI is InChI=1S/C23H27N5O3/c1-14(2)9-15(23(30)26-17(13-24)11-16-7-8-25-28-16)10-21(29)20-12-18-19(27-20)5-4-6-22(18)31-3/h4-8,12,14-15,17,27H,9-11H2,1-3H3,(H,25,28)(H,26,30)/t15-,17+/m1/s1. The van der Waals surface area contributed by atoms with Crippen LogP contribution in [0.4, 0.5) is 0 Å². The van der Waals surface area contributed by atoms with Gasteiger partial charge in [0.15, 0.2) is 5.78 Å². The Bertz CT molecular complexity index is 1080. The number of rotatable bonds is 10. The average Bonchev–Trinajstić information content (AvgIpc) is 3.41. The highest BCUT2D eigenvalue weighted by Crippen LogP contribution is 2.27. The second-order valence-corrected chi connectivity index (χ2v) is 8.03. The van der Waals surface area contributed by atoms with Crippen molar-refractivity contribution in [1.82, 2.24) is 20.5 Å². The Labute approximate surface area is 181 Å². The number of nitrogens with one attached hydrogen (secondary N) is 3. The van der Waals surface area contributed by atoms with E-state index in [1.807, 2.05) is 32.0 Å². The zero-order valence-corrected chi connectivity index (χ0v) is 17.9. The van der Waals surface area contributed by atoms with Crippen LogP contribution in [0, 0.1) is 23.2 Å². The number of hydrogen-bond donors (Lipinski definition) is 3. The van der Waals surface area contributed by atoms with E-state index in [0.29, 0.717) is 24.3 Å². The molecule has 3 aromatic rings. The maximum Gasteiger partial charge on any atom is 0.224 e. The molecule has 1 aromatic carbocycles. The molecule has 0 aliphatic heterocycles. The first-order chi connectivity index (χ1) is 14.9. The number of ether oxygens (including phenoxy) is 1. The monoisotopic (exact) mass is 421 g/mol. The molecule has 162 valence electrons. The van der Waals surface area contributed by atoms with Crippen LogP contribution in [0.2, 0.25) is 0 Å². The number of methoxy groups -OCH3 is 1.